The summed E-state index contributed by atoms with van der Waals surface area (Å²) in [5.74, 6) is -0.134. The molecule has 26 heavy (non-hydrogen) atoms. The number of esters is 2. The third-order valence-electron chi connectivity index (χ3n) is 4.79. The van der Waals surface area contributed by atoms with Crippen LogP contribution in [0.15, 0.2) is 0 Å². The van der Waals surface area contributed by atoms with Gasteiger partial charge in [0.25, 0.3) is 0 Å². The van der Waals surface area contributed by atoms with E-state index in [0.717, 1.165) is 44.9 Å². The van der Waals surface area contributed by atoms with Crippen LogP contribution in [0.1, 0.15) is 118 Å². The second-order valence-electron chi connectivity index (χ2n) is 7.49. The Labute approximate surface area is 161 Å². The number of carbonyl (C=O) groups excluding carboxylic acids is 2. The predicted molar refractivity (Wildman–Crippen MR) is 107 cm³/mol. The Kier molecular flexibility index (Phi) is 16.7. The molecule has 0 aliphatic rings. The highest BCUT2D eigenvalue weighted by Gasteiger charge is 2.21. The molecule has 0 rings (SSSR count). The molecule has 0 fully saturated rings. The third kappa shape index (κ3) is 15.2. The van der Waals surface area contributed by atoms with Crippen LogP contribution in [0.2, 0.25) is 0 Å². The van der Waals surface area contributed by atoms with Crippen LogP contribution in [-0.2, 0) is 19.1 Å². The average molecular weight is 371 g/mol. The summed E-state index contributed by atoms with van der Waals surface area (Å²) in [6, 6.07) is 0. The molecule has 0 saturated carbocycles. The quantitative estimate of drug-likeness (QED) is 0.165. The van der Waals surface area contributed by atoms with Crippen molar-refractivity contribution in [2.45, 2.75) is 124 Å². The number of rotatable bonds is 17. The van der Waals surface area contributed by atoms with Gasteiger partial charge in [-0.2, -0.15) is 0 Å². The van der Waals surface area contributed by atoms with Crippen LogP contribution in [0.5, 0.6) is 0 Å². The number of ether oxygens (including phenoxy) is 2. The Balaban J connectivity index is 4.20. The van der Waals surface area contributed by atoms with Crippen LogP contribution in [0.3, 0.4) is 0 Å². The standard InChI is InChI=1S/C22H42O4/c1-5-8-10-12-14-16-20(23)25-22(18-19(4)7-3)26-21(24)17-15-13-11-9-6-2/h19,22H,5-18H2,1-4H3. The van der Waals surface area contributed by atoms with Crippen molar-refractivity contribution in [3.05, 3.63) is 0 Å². The fourth-order valence-corrected chi connectivity index (χ4v) is 2.77. The second kappa shape index (κ2) is 17.4. The zero-order valence-electron chi connectivity index (χ0n) is 17.7. The van der Waals surface area contributed by atoms with Gasteiger partial charge in [0, 0.05) is 19.3 Å². The molecule has 0 aromatic rings. The molecule has 0 amide bonds. The second-order valence-corrected chi connectivity index (χ2v) is 7.49. The number of hydrogen-bond acceptors (Lipinski definition) is 4. The summed E-state index contributed by atoms with van der Waals surface area (Å²) < 4.78 is 10.9. The fourth-order valence-electron chi connectivity index (χ4n) is 2.77. The van der Waals surface area contributed by atoms with E-state index in [4.69, 9.17) is 9.47 Å². The maximum Gasteiger partial charge on any atom is 0.308 e. The van der Waals surface area contributed by atoms with E-state index in [2.05, 4.69) is 27.7 Å². The summed E-state index contributed by atoms with van der Waals surface area (Å²) in [7, 11) is 0. The van der Waals surface area contributed by atoms with Crippen molar-refractivity contribution in [1.82, 2.24) is 0 Å². The van der Waals surface area contributed by atoms with Crippen molar-refractivity contribution in [3.8, 4) is 0 Å². The summed E-state index contributed by atoms with van der Waals surface area (Å²) in [4.78, 5) is 24.1. The van der Waals surface area contributed by atoms with E-state index >= 15 is 0 Å². The van der Waals surface area contributed by atoms with Gasteiger partial charge in [-0.25, -0.2) is 0 Å². The molecule has 0 heterocycles. The molecule has 0 aliphatic carbocycles. The minimum Gasteiger partial charge on any atom is -0.425 e. The van der Waals surface area contributed by atoms with Crippen LogP contribution in [0.25, 0.3) is 0 Å². The highest BCUT2D eigenvalue weighted by atomic mass is 16.7. The lowest BCUT2D eigenvalue weighted by Gasteiger charge is -2.21. The molecule has 4 heteroatoms. The molecule has 0 saturated heterocycles. The first-order valence-corrected chi connectivity index (χ1v) is 10.9. The number of hydrogen-bond donors (Lipinski definition) is 0. The number of carbonyl (C=O) groups is 2. The molecule has 1 atom stereocenters. The molecular formula is C22H42O4. The lowest BCUT2D eigenvalue weighted by Crippen LogP contribution is -2.26. The first-order valence-electron chi connectivity index (χ1n) is 10.9. The van der Waals surface area contributed by atoms with E-state index in [0.29, 0.717) is 25.2 Å². The smallest absolute Gasteiger partial charge is 0.308 e. The molecule has 0 aromatic carbocycles. The van der Waals surface area contributed by atoms with Crippen LogP contribution >= 0.6 is 0 Å². The van der Waals surface area contributed by atoms with Crippen molar-refractivity contribution < 1.29 is 19.1 Å². The van der Waals surface area contributed by atoms with Gasteiger partial charge in [0.05, 0.1) is 0 Å². The van der Waals surface area contributed by atoms with E-state index in [-0.39, 0.29) is 11.9 Å². The zero-order valence-corrected chi connectivity index (χ0v) is 17.7. The van der Waals surface area contributed by atoms with Gasteiger partial charge in [-0.05, 0) is 18.8 Å². The lowest BCUT2D eigenvalue weighted by molar-refractivity contribution is -0.190. The molecule has 0 aliphatic heterocycles. The van der Waals surface area contributed by atoms with Crippen LogP contribution in [0.4, 0.5) is 0 Å². The Morgan fingerprint density at radius 3 is 1.50 bits per heavy atom. The van der Waals surface area contributed by atoms with E-state index < -0.39 is 6.29 Å². The summed E-state index contributed by atoms with van der Waals surface area (Å²) in [6.07, 6.45) is 12.6. The predicted octanol–water partition coefficient (Wildman–Crippen LogP) is 6.56. The van der Waals surface area contributed by atoms with Crippen molar-refractivity contribution in [1.29, 1.82) is 0 Å². The van der Waals surface area contributed by atoms with Gasteiger partial charge in [-0.1, -0.05) is 85.5 Å². The summed E-state index contributed by atoms with van der Waals surface area (Å²) >= 11 is 0. The Morgan fingerprint density at radius 2 is 1.12 bits per heavy atom. The molecule has 0 aromatic heterocycles. The molecule has 0 N–H and O–H groups in total. The first kappa shape index (κ1) is 24.9. The summed E-state index contributed by atoms with van der Waals surface area (Å²) in [6.45, 7) is 8.52. The molecule has 0 radical (unpaired) electrons. The van der Waals surface area contributed by atoms with Gasteiger partial charge >= 0.3 is 11.9 Å². The van der Waals surface area contributed by atoms with Crippen molar-refractivity contribution in [2.75, 3.05) is 0 Å². The Bertz CT molecular complexity index is 326. The van der Waals surface area contributed by atoms with Gasteiger partial charge in [-0.15, -0.1) is 0 Å². The summed E-state index contributed by atoms with van der Waals surface area (Å²) in [5, 5.41) is 0. The van der Waals surface area contributed by atoms with Crippen LogP contribution in [-0.4, -0.2) is 18.2 Å². The molecule has 4 nitrogen and oxygen atoms in total. The highest BCUT2D eigenvalue weighted by molar-refractivity contribution is 5.71. The monoisotopic (exact) mass is 370 g/mol. The zero-order chi connectivity index (χ0) is 19.6. The van der Waals surface area contributed by atoms with Gasteiger partial charge in [-0.3, -0.25) is 9.59 Å². The Hall–Kier alpha value is -1.06. The summed E-state index contributed by atoms with van der Waals surface area (Å²) in [5.41, 5.74) is 0. The van der Waals surface area contributed by atoms with E-state index in [9.17, 15) is 9.59 Å². The molecule has 0 spiro atoms. The van der Waals surface area contributed by atoms with E-state index in [1.54, 1.807) is 0 Å². The largest absolute Gasteiger partial charge is 0.425 e. The number of unbranched alkanes of at least 4 members (excludes halogenated alkanes) is 8. The molecule has 154 valence electrons. The molecular weight excluding hydrogens is 328 g/mol. The van der Waals surface area contributed by atoms with Gasteiger partial charge in [0.1, 0.15) is 0 Å². The molecule has 0 bridgehead atoms. The highest BCUT2D eigenvalue weighted by Crippen LogP contribution is 2.17. The minimum absolute atomic E-state index is 0.245. The third-order valence-corrected chi connectivity index (χ3v) is 4.79. The van der Waals surface area contributed by atoms with Crippen molar-refractivity contribution in [2.24, 2.45) is 5.92 Å². The molecule has 1 unspecified atom stereocenters. The topological polar surface area (TPSA) is 52.6 Å². The average Bonchev–Trinajstić information content (AvgIpc) is 2.61. The van der Waals surface area contributed by atoms with Crippen LogP contribution in [0, 0.1) is 5.92 Å². The maximum atomic E-state index is 12.1. The lowest BCUT2D eigenvalue weighted by atomic mass is 10.1. The van der Waals surface area contributed by atoms with E-state index in [1.165, 1.54) is 25.7 Å². The minimum atomic E-state index is -0.726. The van der Waals surface area contributed by atoms with Crippen molar-refractivity contribution >= 4 is 11.9 Å². The van der Waals surface area contributed by atoms with Gasteiger partial charge in [0.15, 0.2) is 0 Å². The van der Waals surface area contributed by atoms with Crippen molar-refractivity contribution in [3.63, 3.8) is 0 Å². The van der Waals surface area contributed by atoms with Crippen LogP contribution < -0.4 is 0 Å². The SMILES string of the molecule is CCCCCCCC(=O)OC(CC(C)CC)OC(=O)CCCCCCC. The van der Waals surface area contributed by atoms with E-state index in [1.807, 2.05) is 0 Å². The first-order chi connectivity index (χ1) is 12.5. The van der Waals surface area contributed by atoms with Gasteiger partial charge < -0.3 is 9.47 Å². The Morgan fingerprint density at radius 1 is 0.692 bits per heavy atom. The fraction of sp³-hybridized carbons (Fsp3) is 0.909. The van der Waals surface area contributed by atoms with Gasteiger partial charge in [0.2, 0.25) is 6.29 Å². The maximum absolute atomic E-state index is 12.1. The normalized spacial score (nSPS) is 12.2.